The van der Waals surface area contributed by atoms with Gasteiger partial charge < -0.3 is 4.40 Å². The van der Waals surface area contributed by atoms with Gasteiger partial charge in [0.25, 0.3) is 0 Å². The van der Waals surface area contributed by atoms with Crippen LogP contribution in [0.3, 0.4) is 0 Å². The summed E-state index contributed by atoms with van der Waals surface area (Å²) in [5, 5.41) is 2.57. The van der Waals surface area contributed by atoms with Gasteiger partial charge in [-0.25, -0.2) is 0 Å². The van der Waals surface area contributed by atoms with Gasteiger partial charge in [-0.15, -0.1) is 0 Å². The molecule has 2 aromatic heterocycles. The summed E-state index contributed by atoms with van der Waals surface area (Å²) >= 11 is 0. The molecule has 31 heavy (non-hydrogen) atoms. The Morgan fingerprint density at radius 1 is 0.581 bits per heavy atom. The van der Waals surface area contributed by atoms with Crippen LogP contribution in [-0.4, -0.2) is 4.40 Å². The fourth-order valence-electron chi connectivity index (χ4n) is 4.57. The number of aromatic nitrogens is 1. The first-order valence-corrected chi connectivity index (χ1v) is 10.8. The molecule has 156 valence electrons. The SMILES string of the molecule is CC(C)(C)c1ccc2c(c1)c(=O)c1cccc3c(=O)c4cc(C(C)(C)C)ccc4n2c13. The van der Waals surface area contributed by atoms with Crippen LogP contribution in [0.5, 0.6) is 0 Å². The molecular formula is C28H27NO2. The lowest BCUT2D eigenvalue weighted by Gasteiger charge is -2.22. The van der Waals surface area contributed by atoms with Crippen molar-refractivity contribution in [1.82, 2.24) is 4.40 Å². The quantitative estimate of drug-likeness (QED) is 0.227. The van der Waals surface area contributed by atoms with Gasteiger partial charge in [-0.1, -0.05) is 59.7 Å². The average molecular weight is 410 g/mol. The maximum atomic E-state index is 13.5. The number of nitrogens with zero attached hydrogens (tertiary/aromatic N) is 1. The molecule has 5 rings (SSSR count). The number of para-hydroxylation sites is 1. The van der Waals surface area contributed by atoms with Crippen LogP contribution in [0.4, 0.5) is 0 Å². The molecule has 0 unspecified atom stereocenters. The van der Waals surface area contributed by atoms with Gasteiger partial charge >= 0.3 is 0 Å². The van der Waals surface area contributed by atoms with Gasteiger partial charge in [0, 0.05) is 21.5 Å². The Morgan fingerprint density at radius 3 is 1.39 bits per heavy atom. The molecule has 0 aliphatic heterocycles. The second kappa shape index (κ2) is 6.16. The normalized spacial score (nSPS) is 13.1. The molecule has 3 aromatic carbocycles. The summed E-state index contributed by atoms with van der Waals surface area (Å²) in [4.78, 5) is 27.0. The Morgan fingerprint density at radius 2 is 1.00 bits per heavy atom. The van der Waals surface area contributed by atoms with Crippen LogP contribution >= 0.6 is 0 Å². The maximum absolute atomic E-state index is 13.5. The van der Waals surface area contributed by atoms with Crippen molar-refractivity contribution in [2.45, 2.75) is 52.4 Å². The van der Waals surface area contributed by atoms with E-state index in [1.54, 1.807) is 0 Å². The summed E-state index contributed by atoms with van der Waals surface area (Å²) in [7, 11) is 0. The van der Waals surface area contributed by atoms with Crippen molar-refractivity contribution in [3.05, 3.63) is 86.2 Å². The number of fused-ring (bicyclic) bond motifs is 4. The van der Waals surface area contributed by atoms with E-state index < -0.39 is 0 Å². The summed E-state index contributed by atoms with van der Waals surface area (Å²) in [6, 6.07) is 17.8. The van der Waals surface area contributed by atoms with Gasteiger partial charge in [-0.2, -0.15) is 0 Å². The van der Waals surface area contributed by atoms with E-state index in [0.29, 0.717) is 27.1 Å². The number of pyridine rings is 2. The maximum Gasteiger partial charge on any atom is 0.197 e. The van der Waals surface area contributed by atoms with E-state index in [1.807, 2.05) is 42.5 Å². The molecule has 0 saturated heterocycles. The Bertz CT molecular complexity index is 1510. The van der Waals surface area contributed by atoms with Gasteiger partial charge in [0.15, 0.2) is 10.9 Å². The average Bonchev–Trinajstić information content (AvgIpc) is 2.71. The predicted octanol–water partition coefficient (Wildman–Crippen LogP) is 6.15. The van der Waals surface area contributed by atoms with Crippen LogP contribution < -0.4 is 10.9 Å². The second-order valence-corrected chi connectivity index (χ2v) is 10.7. The third kappa shape index (κ3) is 2.79. The highest BCUT2D eigenvalue weighted by Crippen LogP contribution is 2.31. The van der Waals surface area contributed by atoms with E-state index in [9.17, 15) is 9.59 Å². The first kappa shape index (κ1) is 19.7. The number of benzene rings is 3. The van der Waals surface area contributed by atoms with Gasteiger partial charge in [0.1, 0.15) is 0 Å². The standard InChI is InChI=1S/C28H27NO2/c1-27(2,3)16-10-12-22-20(14-16)25(30)18-8-7-9-19-24(18)29(22)23-13-11-17(28(4,5)6)15-21(23)26(19)31/h7-15H,1-6H3. The molecule has 0 saturated carbocycles. The number of hydrogen-bond acceptors (Lipinski definition) is 2. The molecule has 0 aliphatic carbocycles. The van der Waals surface area contributed by atoms with Crippen LogP contribution in [0.1, 0.15) is 52.7 Å². The molecular weight excluding hydrogens is 382 g/mol. The summed E-state index contributed by atoms with van der Waals surface area (Å²) in [6.45, 7) is 12.9. The third-order valence-electron chi connectivity index (χ3n) is 6.45. The fourth-order valence-corrected chi connectivity index (χ4v) is 4.57. The molecule has 0 spiro atoms. The van der Waals surface area contributed by atoms with Crippen molar-refractivity contribution in [2.75, 3.05) is 0 Å². The van der Waals surface area contributed by atoms with Crippen molar-refractivity contribution >= 4 is 38.1 Å². The minimum atomic E-state index is -0.0607. The molecule has 0 N–H and O–H groups in total. The van der Waals surface area contributed by atoms with Gasteiger partial charge in [-0.3, -0.25) is 9.59 Å². The highest BCUT2D eigenvalue weighted by molar-refractivity contribution is 6.07. The van der Waals surface area contributed by atoms with Gasteiger partial charge in [0.2, 0.25) is 0 Å². The summed E-state index contributed by atoms with van der Waals surface area (Å²) in [5.74, 6) is 0. The highest BCUT2D eigenvalue weighted by atomic mass is 16.1. The molecule has 2 heterocycles. The van der Waals surface area contributed by atoms with Gasteiger partial charge in [-0.05, 0) is 58.4 Å². The molecule has 0 amide bonds. The molecule has 0 bridgehead atoms. The van der Waals surface area contributed by atoms with Crippen molar-refractivity contribution < 1.29 is 0 Å². The zero-order chi connectivity index (χ0) is 22.3. The molecule has 0 atom stereocenters. The smallest absolute Gasteiger partial charge is 0.197 e. The molecule has 0 fully saturated rings. The van der Waals surface area contributed by atoms with Crippen molar-refractivity contribution in [3.8, 4) is 0 Å². The molecule has 3 nitrogen and oxygen atoms in total. The van der Waals surface area contributed by atoms with E-state index in [-0.39, 0.29) is 21.7 Å². The van der Waals surface area contributed by atoms with E-state index >= 15 is 0 Å². The lowest BCUT2D eigenvalue weighted by atomic mass is 9.85. The van der Waals surface area contributed by atoms with Crippen LogP contribution in [-0.2, 0) is 10.8 Å². The summed E-state index contributed by atoms with van der Waals surface area (Å²) in [5.41, 5.74) is 4.48. The van der Waals surface area contributed by atoms with Crippen LogP contribution in [0.25, 0.3) is 38.1 Å². The number of hydrogen-bond donors (Lipinski definition) is 0. The Balaban J connectivity index is 2.09. The zero-order valence-electron chi connectivity index (χ0n) is 19.0. The minimum Gasteiger partial charge on any atom is -0.308 e. The molecule has 5 aromatic rings. The van der Waals surface area contributed by atoms with E-state index in [0.717, 1.165) is 22.2 Å². The van der Waals surface area contributed by atoms with E-state index in [4.69, 9.17) is 0 Å². The van der Waals surface area contributed by atoms with Crippen LogP contribution in [0, 0.1) is 0 Å². The number of rotatable bonds is 0. The Hall–Kier alpha value is -3.20. The first-order valence-electron chi connectivity index (χ1n) is 10.8. The molecule has 0 aliphatic rings. The van der Waals surface area contributed by atoms with Crippen molar-refractivity contribution in [1.29, 1.82) is 0 Å². The van der Waals surface area contributed by atoms with Crippen molar-refractivity contribution in [3.63, 3.8) is 0 Å². The minimum absolute atomic E-state index is 0.0169. The van der Waals surface area contributed by atoms with E-state index in [2.05, 4.69) is 58.1 Å². The van der Waals surface area contributed by atoms with Crippen LogP contribution in [0.2, 0.25) is 0 Å². The van der Waals surface area contributed by atoms with Crippen LogP contribution in [0.15, 0.2) is 64.2 Å². The highest BCUT2D eigenvalue weighted by Gasteiger charge is 2.21. The monoisotopic (exact) mass is 409 g/mol. The molecule has 3 heteroatoms. The fraction of sp³-hybridized carbons (Fsp3) is 0.286. The lowest BCUT2D eigenvalue weighted by molar-refractivity contribution is 0.591. The van der Waals surface area contributed by atoms with Gasteiger partial charge in [0.05, 0.1) is 16.6 Å². The topological polar surface area (TPSA) is 38.5 Å². The lowest BCUT2D eigenvalue weighted by Crippen LogP contribution is -2.17. The molecule has 0 radical (unpaired) electrons. The zero-order valence-corrected chi connectivity index (χ0v) is 19.0. The second-order valence-electron chi connectivity index (χ2n) is 10.7. The van der Waals surface area contributed by atoms with E-state index in [1.165, 1.54) is 0 Å². The largest absolute Gasteiger partial charge is 0.308 e. The first-order chi connectivity index (χ1) is 14.5. The summed E-state index contributed by atoms with van der Waals surface area (Å²) in [6.07, 6.45) is 0. The summed E-state index contributed by atoms with van der Waals surface area (Å²) < 4.78 is 2.11. The Kier molecular flexibility index (Phi) is 3.93. The van der Waals surface area contributed by atoms with Crippen molar-refractivity contribution in [2.24, 2.45) is 0 Å². The third-order valence-corrected chi connectivity index (χ3v) is 6.45. The predicted molar refractivity (Wildman–Crippen MR) is 131 cm³/mol. The Labute approximate surface area is 181 Å².